The number of nitrogens with zero attached hydrogens (tertiary/aromatic N) is 1. The Morgan fingerprint density at radius 1 is 0.906 bits per heavy atom. The van der Waals surface area contributed by atoms with Crippen LogP contribution in [0.15, 0.2) is 41.8 Å². The molecule has 0 bridgehead atoms. The minimum Gasteiger partial charge on any atom is -0.351 e. The number of nitrogens with one attached hydrogen (secondary N) is 2. The summed E-state index contributed by atoms with van der Waals surface area (Å²) in [5.41, 5.74) is 0.459. The van der Waals surface area contributed by atoms with Gasteiger partial charge in [0.1, 0.15) is 0 Å². The second kappa shape index (κ2) is 10.5. The predicted molar refractivity (Wildman–Crippen MR) is 127 cm³/mol. The first kappa shape index (κ1) is 22.8. The van der Waals surface area contributed by atoms with Crippen LogP contribution in [0.5, 0.6) is 0 Å². The maximum atomic E-state index is 13.5. The van der Waals surface area contributed by atoms with Crippen LogP contribution in [0.4, 0.5) is 5.69 Å². The highest BCUT2D eigenvalue weighted by atomic mass is 35.5. The number of rotatable bonds is 6. The lowest BCUT2D eigenvalue weighted by molar-refractivity contribution is -0.139. The van der Waals surface area contributed by atoms with Crippen molar-refractivity contribution in [2.75, 3.05) is 4.90 Å². The van der Waals surface area contributed by atoms with Gasteiger partial charge in [-0.3, -0.25) is 19.3 Å². The van der Waals surface area contributed by atoms with Crippen LogP contribution in [-0.4, -0.2) is 29.8 Å². The van der Waals surface area contributed by atoms with Crippen molar-refractivity contribution in [2.24, 2.45) is 0 Å². The van der Waals surface area contributed by atoms with Crippen molar-refractivity contribution in [3.63, 3.8) is 0 Å². The monoisotopic (exact) mass is 473 g/mol. The number of benzene rings is 1. The molecular formula is C24H28ClN3O3S. The molecule has 170 valence electrons. The summed E-state index contributed by atoms with van der Waals surface area (Å²) in [5.74, 6) is -1.68. The predicted octanol–water partition coefficient (Wildman–Crippen LogP) is 4.59. The maximum absolute atomic E-state index is 13.5. The number of halogens is 1. The lowest BCUT2D eigenvalue weighted by Gasteiger charge is -2.31. The lowest BCUT2D eigenvalue weighted by atomic mass is 10.1. The van der Waals surface area contributed by atoms with Crippen molar-refractivity contribution >= 4 is 46.3 Å². The fourth-order valence-corrected chi connectivity index (χ4v) is 5.52. The Labute approximate surface area is 197 Å². The third-order valence-electron chi connectivity index (χ3n) is 6.23. The van der Waals surface area contributed by atoms with Crippen LogP contribution in [0.2, 0.25) is 5.02 Å². The molecule has 2 N–H and O–H groups in total. The first-order chi connectivity index (χ1) is 15.5. The number of carbonyl (C=O) groups excluding carboxylic acids is 3. The van der Waals surface area contributed by atoms with Crippen LogP contribution < -0.4 is 15.5 Å². The summed E-state index contributed by atoms with van der Waals surface area (Å²) in [7, 11) is 0. The molecule has 1 heterocycles. The van der Waals surface area contributed by atoms with Crippen molar-refractivity contribution in [1.29, 1.82) is 0 Å². The molecule has 8 heteroatoms. The summed E-state index contributed by atoms with van der Waals surface area (Å²) in [6.07, 6.45) is 7.85. The highest BCUT2D eigenvalue weighted by molar-refractivity contribution is 7.10. The Morgan fingerprint density at radius 2 is 1.50 bits per heavy atom. The van der Waals surface area contributed by atoms with Crippen LogP contribution in [0.1, 0.15) is 62.3 Å². The average molecular weight is 474 g/mol. The fourth-order valence-electron chi connectivity index (χ4n) is 4.58. The topological polar surface area (TPSA) is 78.5 Å². The minimum absolute atomic E-state index is 0.00557. The molecule has 3 amide bonds. The first-order valence-electron chi connectivity index (χ1n) is 11.3. The Balaban J connectivity index is 1.67. The maximum Gasteiger partial charge on any atom is 0.317 e. The molecule has 1 atom stereocenters. The van der Waals surface area contributed by atoms with E-state index in [4.69, 9.17) is 11.6 Å². The number of thiophene rings is 1. The average Bonchev–Trinajstić information content (AvgIpc) is 3.56. The molecule has 0 saturated heterocycles. The Hall–Kier alpha value is -2.38. The molecule has 1 aromatic carbocycles. The van der Waals surface area contributed by atoms with E-state index in [1.807, 2.05) is 17.5 Å². The van der Waals surface area contributed by atoms with Gasteiger partial charge in [0.25, 0.3) is 0 Å². The molecule has 2 fully saturated rings. The molecular weight excluding hydrogens is 446 g/mol. The molecule has 32 heavy (non-hydrogen) atoms. The van der Waals surface area contributed by atoms with Crippen molar-refractivity contribution in [2.45, 2.75) is 69.5 Å². The standard InChI is InChI=1S/C24H28ClN3O3S/c25-16-11-13-19(14-12-16)28(24(31)23(30)27-18-8-3-4-9-18)21(20-10-5-15-32-20)22(29)26-17-6-1-2-7-17/h5,10-15,17-18,21H,1-4,6-9H2,(H,26,29)(H,27,30)/t21-/m0/s1. The van der Waals surface area contributed by atoms with Gasteiger partial charge >= 0.3 is 11.8 Å². The lowest BCUT2D eigenvalue weighted by Crippen LogP contribution is -2.51. The third-order valence-corrected chi connectivity index (χ3v) is 7.41. The van der Waals surface area contributed by atoms with Gasteiger partial charge in [0.05, 0.1) is 0 Å². The van der Waals surface area contributed by atoms with E-state index in [9.17, 15) is 14.4 Å². The van der Waals surface area contributed by atoms with Crippen LogP contribution in [0.25, 0.3) is 0 Å². The van der Waals surface area contributed by atoms with E-state index in [0.717, 1.165) is 51.4 Å². The summed E-state index contributed by atoms with van der Waals surface area (Å²) >= 11 is 7.46. The summed E-state index contributed by atoms with van der Waals surface area (Å²) in [4.78, 5) is 42.0. The summed E-state index contributed by atoms with van der Waals surface area (Å²) in [5, 5.41) is 8.36. The normalized spacial score (nSPS) is 17.8. The van der Waals surface area contributed by atoms with Gasteiger partial charge in [0.15, 0.2) is 6.04 Å². The number of hydrogen-bond acceptors (Lipinski definition) is 4. The molecule has 2 aromatic rings. The van der Waals surface area contributed by atoms with Crippen molar-refractivity contribution < 1.29 is 14.4 Å². The largest absolute Gasteiger partial charge is 0.351 e. The van der Waals surface area contributed by atoms with E-state index >= 15 is 0 Å². The molecule has 0 unspecified atom stereocenters. The number of amides is 3. The zero-order valence-electron chi connectivity index (χ0n) is 17.9. The second-order valence-electron chi connectivity index (χ2n) is 8.51. The highest BCUT2D eigenvalue weighted by Gasteiger charge is 2.38. The van der Waals surface area contributed by atoms with Gasteiger partial charge in [0.2, 0.25) is 5.91 Å². The van der Waals surface area contributed by atoms with Crippen molar-refractivity contribution in [1.82, 2.24) is 10.6 Å². The summed E-state index contributed by atoms with van der Waals surface area (Å²) < 4.78 is 0. The molecule has 4 rings (SSSR count). The van der Waals surface area contributed by atoms with E-state index in [0.29, 0.717) is 15.6 Å². The molecule has 0 radical (unpaired) electrons. The number of hydrogen-bond donors (Lipinski definition) is 2. The molecule has 2 saturated carbocycles. The molecule has 2 aliphatic rings. The molecule has 2 aliphatic carbocycles. The Kier molecular flexibility index (Phi) is 7.48. The zero-order valence-corrected chi connectivity index (χ0v) is 19.5. The van der Waals surface area contributed by atoms with E-state index in [1.54, 1.807) is 24.3 Å². The molecule has 1 aromatic heterocycles. The molecule has 0 aliphatic heterocycles. The van der Waals surface area contributed by atoms with E-state index in [1.165, 1.54) is 16.2 Å². The van der Waals surface area contributed by atoms with Crippen molar-refractivity contribution in [3.05, 3.63) is 51.7 Å². The smallest absolute Gasteiger partial charge is 0.317 e. The number of carbonyl (C=O) groups is 3. The van der Waals surface area contributed by atoms with E-state index in [-0.39, 0.29) is 18.0 Å². The third kappa shape index (κ3) is 5.33. The van der Waals surface area contributed by atoms with E-state index in [2.05, 4.69) is 10.6 Å². The molecule has 6 nitrogen and oxygen atoms in total. The van der Waals surface area contributed by atoms with Gasteiger partial charge in [-0.1, -0.05) is 43.4 Å². The van der Waals surface area contributed by atoms with Gasteiger partial charge in [-0.25, -0.2) is 0 Å². The van der Waals surface area contributed by atoms with Crippen LogP contribution in [0, 0.1) is 0 Å². The second-order valence-corrected chi connectivity index (χ2v) is 9.93. The highest BCUT2D eigenvalue weighted by Crippen LogP contribution is 2.32. The van der Waals surface area contributed by atoms with Gasteiger partial charge in [0, 0.05) is 27.7 Å². The SMILES string of the molecule is O=C(NC1CCCC1)C(=O)N(c1ccc(Cl)cc1)[C@H](C(=O)NC1CCCC1)c1cccs1. The Morgan fingerprint density at radius 3 is 2.06 bits per heavy atom. The van der Waals surface area contributed by atoms with Crippen LogP contribution in [0.3, 0.4) is 0 Å². The quantitative estimate of drug-likeness (QED) is 0.602. The first-order valence-corrected chi connectivity index (χ1v) is 12.5. The summed E-state index contributed by atoms with van der Waals surface area (Å²) in [6.45, 7) is 0. The van der Waals surface area contributed by atoms with E-state index < -0.39 is 17.9 Å². The van der Waals surface area contributed by atoms with Crippen LogP contribution in [-0.2, 0) is 14.4 Å². The van der Waals surface area contributed by atoms with Gasteiger partial charge in [-0.15, -0.1) is 11.3 Å². The van der Waals surface area contributed by atoms with Crippen molar-refractivity contribution in [3.8, 4) is 0 Å². The van der Waals surface area contributed by atoms with Gasteiger partial charge in [-0.05, 0) is 61.4 Å². The zero-order chi connectivity index (χ0) is 22.5. The fraction of sp³-hybridized carbons (Fsp3) is 0.458. The van der Waals surface area contributed by atoms with Crippen LogP contribution >= 0.6 is 22.9 Å². The minimum atomic E-state index is -0.932. The Bertz CT molecular complexity index is 936. The van der Waals surface area contributed by atoms with Gasteiger partial charge in [-0.2, -0.15) is 0 Å². The summed E-state index contributed by atoms with van der Waals surface area (Å²) in [6, 6.07) is 9.51. The van der Waals surface area contributed by atoms with Gasteiger partial charge < -0.3 is 10.6 Å². The molecule has 0 spiro atoms. The number of anilines is 1.